The van der Waals surface area contributed by atoms with E-state index in [1.807, 2.05) is 0 Å². The number of hydrogen-bond donors (Lipinski definition) is 1. The summed E-state index contributed by atoms with van der Waals surface area (Å²) in [4.78, 5) is 13.4. The molecule has 0 saturated carbocycles. The number of alkyl halides is 1. The van der Waals surface area contributed by atoms with Gasteiger partial charge in [0, 0.05) is 19.0 Å². The number of rotatable bonds is 3. The van der Waals surface area contributed by atoms with E-state index in [4.69, 9.17) is 11.6 Å². The summed E-state index contributed by atoms with van der Waals surface area (Å²) in [6.07, 6.45) is 2.45. The average molecular weight is 234 g/mol. The molecule has 1 heterocycles. The largest absolute Gasteiger partial charge is 0.393 e. The summed E-state index contributed by atoms with van der Waals surface area (Å²) in [6.45, 7) is 5.09. The van der Waals surface area contributed by atoms with Crippen molar-refractivity contribution in [3.05, 3.63) is 0 Å². The van der Waals surface area contributed by atoms with Crippen molar-refractivity contribution >= 4 is 17.5 Å². The second kappa shape index (κ2) is 5.71. The summed E-state index contributed by atoms with van der Waals surface area (Å²) >= 11 is 5.77. The Bertz CT molecular complexity index is 221. The van der Waals surface area contributed by atoms with Crippen LogP contribution in [0.3, 0.4) is 0 Å². The van der Waals surface area contributed by atoms with Crippen molar-refractivity contribution in [3.63, 3.8) is 0 Å². The zero-order valence-electron chi connectivity index (χ0n) is 9.45. The first-order valence-corrected chi connectivity index (χ1v) is 6.10. The van der Waals surface area contributed by atoms with Crippen molar-refractivity contribution in [2.45, 2.75) is 44.6 Å². The Kier molecular flexibility index (Phi) is 4.87. The second-order valence-corrected chi connectivity index (χ2v) is 4.96. The summed E-state index contributed by atoms with van der Waals surface area (Å²) in [5, 5.41) is 9.31. The van der Waals surface area contributed by atoms with Crippen LogP contribution in [0.5, 0.6) is 0 Å². The fourth-order valence-corrected chi connectivity index (χ4v) is 2.26. The fraction of sp³-hybridized carbons (Fsp3) is 0.909. The zero-order valence-corrected chi connectivity index (χ0v) is 10.2. The Hall–Kier alpha value is -0.280. The Morgan fingerprint density at radius 1 is 1.67 bits per heavy atom. The maximum atomic E-state index is 11.7. The lowest BCUT2D eigenvalue weighted by molar-refractivity contribution is -0.134. The van der Waals surface area contributed by atoms with Crippen LogP contribution in [0.25, 0.3) is 0 Å². The molecule has 4 heteroatoms. The van der Waals surface area contributed by atoms with Crippen LogP contribution < -0.4 is 0 Å². The highest BCUT2D eigenvalue weighted by atomic mass is 35.5. The first-order valence-electron chi connectivity index (χ1n) is 5.67. The Balaban J connectivity index is 2.53. The minimum absolute atomic E-state index is 0.00957. The normalized spacial score (nSPS) is 28.9. The van der Waals surface area contributed by atoms with Gasteiger partial charge in [0.1, 0.15) is 5.38 Å². The number of aliphatic hydroxyl groups is 1. The second-order valence-electron chi connectivity index (χ2n) is 4.31. The van der Waals surface area contributed by atoms with Crippen LogP contribution in [0.15, 0.2) is 0 Å². The fourth-order valence-electron chi connectivity index (χ4n) is 2.13. The first kappa shape index (κ1) is 12.8. The monoisotopic (exact) mass is 233 g/mol. The summed E-state index contributed by atoms with van der Waals surface area (Å²) in [5.74, 6) is 0.216. The highest BCUT2D eigenvalue weighted by Gasteiger charge is 2.30. The quantitative estimate of drug-likeness (QED) is 0.753. The summed E-state index contributed by atoms with van der Waals surface area (Å²) < 4.78 is 0. The van der Waals surface area contributed by atoms with Crippen LogP contribution in [-0.4, -0.2) is 40.5 Å². The Morgan fingerprint density at radius 2 is 2.33 bits per heavy atom. The van der Waals surface area contributed by atoms with Gasteiger partial charge in [-0.2, -0.15) is 0 Å². The van der Waals surface area contributed by atoms with Gasteiger partial charge in [-0.05, 0) is 19.8 Å². The maximum absolute atomic E-state index is 11.7. The summed E-state index contributed by atoms with van der Waals surface area (Å²) in [5.41, 5.74) is 0. The molecule has 1 amide bonds. The summed E-state index contributed by atoms with van der Waals surface area (Å²) in [6, 6.07) is 0. The predicted molar refractivity (Wildman–Crippen MR) is 60.9 cm³/mol. The van der Waals surface area contributed by atoms with E-state index in [1.165, 1.54) is 0 Å². The number of likely N-dealkylation sites (tertiary alicyclic amines) is 1. The van der Waals surface area contributed by atoms with Crippen molar-refractivity contribution in [2.75, 3.05) is 13.1 Å². The van der Waals surface area contributed by atoms with Gasteiger partial charge in [0.2, 0.25) is 5.91 Å². The van der Waals surface area contributed by atoms with Gasteiger partial charge < -0.3 is 10.0 Å². The number of hydrogen-bond acceptors (Lipinski definition) is 2. The molecule has 88 valence electrons. The molecule has 1 aliphatic rings. The lowest BCUT2D eigenvalue weighted by atomic mass is 9.90. The molecule has 0 aliphatic carbocycles. The SMILES string of the molecule is CCC[C@@H]1CN(C(=O)[C@H](C)Cl)CC[C@@H]1O. The molecule has 1 aliphatic heterocycles. The number of carbonyl (C=O) groups is 1. The first-order chi connectivity index (χ1) is 7.06. The molecule has 15 heavy (non-hydrogen) atoms. The molecule has 1 fully saturated rings. The number of halogens is 1. The van der Waals surface area contributed by atoms with Gasteiger partial charge in [-0.1, -0.05) is 13.3 Å². The van der Waals surface area contributed by atoms with Crippen LogP contribution in [0.2, 0.25) is 0 Å². The van der Waals surface area contributed by atoms with Crippen LogP contribution in [0, 0.1) is 5.92 Å². The van der Waals surface area contributed by atoms with Gasteiger partial charge in [0.15, 0.2) is 0 Å². The predicted octanol–water partition coefficient (Wildman–Crippen LogP) is 1.62. The molecule has 0 aromatic heterocycles. The van der Waals surface area contributed by atoms with Gasteiger partial charge >= 0.3 is 0 Å². The number of carbonyl (C=O) groups excluding carboxylic acids is 1. The average Bonchev–Trinajstić information content (AvgIpc) is 2.20. The minimum atomic E-state index is -0.456. The summed E-state index contributed by atoms with van der Waals surface area (Å²) in [7, 11) is 0. The van der Waals surface area contributed by atoms with Gasteiger partial charge in [0.05, 0.1) is 6.10 Å². The number of aliphatic hydroxyl groups excluding tert-OH is 1. The number of piperidine rings is 1. The minimum Gasteiger partial charge on any atom is -0.393 e. The van der Waals surface area contributed by atoms with Gasteiger partial charge in [0.25, 0.3) is 0 Å². The molecule has 1 saturated heterocycles. The molecule has 0 unspecified atom stereocenters. The van der Waals surface area contributed by atoms with Crippen molar-refractivity contribution < 1.29 is 9.90 Å². The van der Waals surface area contributed by atoms with E-state index in [-0.39, 0.29) is 17.9 Å². The van der Waals surface area contributed by atoms with Crippen LogP contribution in [0.4, 0.5) is 0 Å². The number of nitrogens with zero attached hydrogens (tertiary/aromatic N) is 1. The van der Waals surface area contributed by atoms with Crippen molar-refractivity contribution in [1.29, 1.82) is 0 Å². The maximum Gasteiger partial charge on any atom is 0.240 e. The topological polar surface area (TPSA) is 40.5 Å². The van der Waals surface area contributed by atoms with E-state index in [0.29, 0.717) is 19.5 Å². The molecule has 1 rings (SSSR count). The van der Waals surface area contributed by atoms with Crippen molar-refractivity contribution in [1.82, 2.24) is 4.90 Å². The van der Waals surface area contributed by atoms with E-state index in [9.17, 15) is 9.90 Å². The third-order valence-corrected chi connectivity index (χ3v) is 3.19. The molecule has 3 nitrogen and oxygen atoms in total. The third-order valence-electron chi connectivity index (χ3n) is 3.01. The lowest BCUT2D eigenvalue weighted by Gasteiger charge is -2.36. The van der Waals surface area contributed by atoms with Crippen LogP contribution >= 0.6 is 11.6 Å². The van der Waals surface area contributed by atoms with Crippen molar-refractivity contribution in [2.24, 2.45) is 5.92 Å². The number of amides is 1. The molecular formula is C11H20ClNO2. The standard InChI is InChI=1S/C11H20ClNO2/c1-3-4-9-7-13(6-5-10(9)14)11(15)8(2)12/h8-10,14H,3-7H2,1-2H3/t8-,9+,10-/m0/s1. The van der Waals surface area contributed by atoms with Crippen LogP contribution in [0.1, 0.15) is 33.1 Å². The Labute approximate surface area is 96.4 Å². The molecule has 0 bridgehead atoms. The highest BCUT2D eigenvalue weighted by molar-refractivity contribution is 6.30. The highest BCUT2D eigenvalue weighted by Crippen LogP contribution is 2.22. The Morgan fingerprint density at radius 3 is 2.87 bits per heavy atom. The molecular weight excluding hydrogens is 214 g/mol. The molecule has 0 aromatic carbocycles. The molecule has 3 atom stereocenters. The van der Waals surface area contributed by atoms with Gasteiger partial charge in [-0.3, -0.25) is 4.79 Å². The molecule has 1 N–H and O–H groups in total. The lowest BCUT2D eigenvalue weighted by Crippen LogP contribution is -2.47. The van der Waals surface area contributed by atoms with Crippen molar-refractivity contribution in [3.8, 4) is 0 Å². The third kappa shape index (κ3) is 3.35. The smallest absolute Gasteiger partial charge is 0.240 e. The van der Waals surface area contributed by atoms with Crippen LogP contribution in [-0.2, 0) is 4.79 Å². The van der Waals surface area contributed by atoms with E-state index in [2.05, 4.69) is 6.92 Å². The van der Waals surface area contributed by atoms with E-state index < -0.39 is 5.38 Å². The van der Waals surface area contributed by atoms with E-state index >= 15 is 0 Å². The zero-order chi connectivity index (χ0) is 11.4. The van der Waals surface area contributed by atoms with Gasteiger partial charge in [-0.15, -0.1) is 11.6 Å². The van der Waals surface area contributed by atoms with E-state index in [0.717, 1.165) is 12.8 Å². The van der Waals surface area contributed by atoms with Gasteiger partial charge in [-0.25, -0.2) is 0 Å². The van der Waals surface area contributed by atoms with E-state index in [1.54, 1.807) is 11.8 Å². The molecule has 0 radical (unpaired) electrons. The molecule has 0 aromatic rings. The molecule has 0 spiro atoms.